The summed E-state index contributed by atoms with van der Waals surface area (Å²) in [6.45, 7) is -0.240. The normalized spacial score (nSPS) is 11.3. The van der Waals surface area contributed by atoms with Crippen molar-refractivity contribution in [3.8, 4) is 0 Å². The fourth-order valence-corrected chi connectivity index (χ4v) is 1.44. The summed E-state index contributed by atoms with van der Waals surface area (Å²) < 4.78 is 36.3. The summed E-state index contributed by atoms with van der Waals surface area (Å²) in [5, 5.41) is 0. The molecule has 1 rings (SSSR count). The first kappa shape index (κ1) is 14.1. The highest BCUT2D eigenvalue weighted by molar-refractivity contribution is 5.95. The van der Waals surface area contributed by atoms with Gasteiger partial charge in [0.15, 0.2) is 0 Å². The van der Waals surface area contributed by atoms with E-state index in [1.54, 1.807) is 0 Å². The topological polar surface area (TPSA) is 72.3 Å². The van der Waals surface area contributed by atoms with Gasteiger partial charge in [0.25, 0.3) is 0 Å². The van der Waals surface area contributed by atoms with Crippen molar-refractivity contribution in [1.82, 2.24) is 0 Å². The van der Waals surface area contributed by atoms with Crippen LogP contribution in [0.5, 0.6) is 0 Å². The summed E-state index contributed by atoms with van der Waals surface area (Å²) in [6, 6.07) is 4.26. The molecule has 1 aromatic rings. The summed E-state index contributed by atoms with van der Waals surface area (Å²) >= 11 is 0. The van der Waals surface area contributed by atoms with Gasteiger partial charge in [0.2, 0.25) is 5.91 Å². The van der Waals surface area contributed by atoms with Crippen LogP contribution < -0.4 is 16.4 Å². The van der Waals surface area contributed by atoms with Crippen molar-refractivity contribution in [2.45, 2.75) is 12.6 Å². The van der Waals surface area contributed by atoms with Crippen molar-refractivity contribution >= 4 is 17.3 Å². The molecule has 0 fully saturated rings. The molecule has 0 unspecified atom stereocenters. The monoisotopic (exact) mass is 261 g/mol. The number of amides is 1. The number of primary amides is 1. The molecule has 4 nitrogen and oxygen atoms in total. The lowest BCUT2D eigenvalue weighted by Gasteiger charge is -2.22. The Morgan fingerprint density at radius 3 is 2.50 bits per heavy atom. The molecular weight excluding hydrogens is 247 g/mol. The van der Waals surface area contributed by atoms with E-state index in [-0.39, 0.29) is 12.1 Å². The van der Waals surface area contributed by atoms with Crippen molar-refractivity contribution in [1.29, 1.82) is 0 Å². The number of halogens is 3. The van der Waals surface area contributed by atoms with Crippen LogP contribution in [0.15, 0.2) is 18.2 Å². The molecular formula is C11H14F3N3O. The van der Waals surface area contributed by atoms with Crippen LogP contribution in [-0.2, 0) is 0 Å². The maximum atomic E-state index is 12.1. The van der Waals surface area contributed by atoms with Gasteiger partial charge in [0.05, 0.1) is 17.8 Å². The summed E-state index contributed by atoms with van der Waals surface area (Å²) in [6.07, 6.45) is -5.19. The first-order chi connectivity index (χ1) is 8.20. The minimum Gasteiger partial charge on any atom is -0.397 e. The summed E-state index contributed by atoms with van der Waals surface area (Å²) in [7, 11) is 1.47. The van der Waals surface area contributed by atoms with Crippen molar-refractivity contribution in [2.24, 2.45) is 5.73 Å². The third kappa shape index (κ3) is 3.83. The lowest BCUT2D eigenvalue weighted by molar-refractivity contribution is -0.132. The molecule has 0 aliphatic carbocycles. The third-order valence-corrected chi connectivity index (χ3v) is 2.46. The Bertz CT molecular complexity index is 446. The quantitative estimate of drug-likeness (QED) is 0.811. The lowest BCUT2D eigenvalue weighted by Crippen LogP contribution is -2.25. The Morgan fingerprint density at radius 1 is 1.39 bits per heavy atom. The maximum absolute atomic E-state index is 12.1. The number of nitrogens with zero attached hydrogens (tertiary/aromatic N) is 1. The molecule has 0 spiro atoms. The van der Waals surface area contributed by atoms with Gasteiger partial charge in [-0.25, -0.2) is 0 Å². The first-order valence-corrected chi connectivity index (χ1v) is 5.18. The largest absolute Gasteiger partial charge is 0.397 e. The van der Waals surface area contributed by atoms with E-state index in [2.05, 4.69) is 0 Å². The number of nitrogens with two attached hydrogens (primary N) is 2. The molecule has 0 aromatic heterocycles. The number of hydrogen-bond donors (Lipinski definition) is 2. The van der Waals surface area contributed by atoms with Crippen molar-refractivity contribution in [2.75, 3.05) is 24.2 Å². The smallest absolute Gasteiger partial charge is 0.390 e. The standard InChI is InChI=1S/C11H14F3N3O/c1-17(5-4-11(12,13)14)9-6-7(10(16)18)2-3-8(9)15/h2-3,6H,4-5,15H2,1H3,(H2,16,18). The molecule has 0 aliphatic rings. The molecule has 1 aromatic carbocycles. The minimum atomic E-state index is -4.23. The van der Waals surface area contributed by atoms with Crippen molar-refractivity contribution in [3.05, 3.63) is 23.8 Å². The van der Waals surface area contributed by atoms with Gasteiger partial charge in [-0.2, -0.15) is 13.2 Å². The van der Waals surface area contributed by atoms with Crippen LogP contribution in [0.3, 0.4) is 0 Å². The van der Waals surface area contributed by atoms with Crippen LogP contribution in [0.2, 0.25) is 0 Å². The zero-order chi connectivity index (χ0) is 13.9. The van der Waals surface area contributed by atoms with E-state index in [0.717, 1.165) is 0 Å². The Kier molecular flexibility index (Phi) is 4.05. The van der Waals surface area contributed by atoms with Gasteiger partial charge in [0, 0.05) is 19.2 Å². The van der Waals surface area contributed by atoms with Gasteiger partial charge >= 0.3 is 6.18 Å². The molecule has 7 heteroatoms. The molecule has 100 valence electrons. The van der Waals surface area contributed by atoms with Gasteiger partial charge < -0.3 is 16.4 Å². The van der Waals surface area contributed by atoms with Gasteiger partial charge in [-0.15, -0.1) is 0 Å². The average Bonchev–Trinajstić information content (AvgIpc) is 2.25. The molecule has 18 heavy (non-hydrogen) atoms. The highest BCUT2D eigenvalue weighted by Crippen LogP contribution is 2.26. The number of rotatable bonds is 4. The average molecular weight is 261 g/mol. The summed E-state index contributed by atoms with van der Waals surface area (Å²) in [4.78, 5) is 12.3. The van der Waals surface area contributed by atoms with Gasteiger partial charge in [-0.3, -0.25) is 4.79 Å². The first-order valence-electron chi connectivity index (χ1n) is 5.18. The van der Waals surface area contributed by atoms with E-state index in [0.29, 0.717) is 11.4 Å². The van der Waals surface area contributed by atoms with E-state index in [1.807, 2.05) is 0 Å². The second-order valence-corrected chi connectivity index (χ2v) is 3.92. The predicted octanol–water partition coefficient (Wildman–Crippen LogP) is 1.76. The highest BCUT2D eigenvalue weighted by atomic mass is 19.4. The maximum Gasteiger partial charge on any atom is 0.390 e. The molecule has 0 heterocycles. The zero-order valence-corrected chi connectivity index (χ0v) is 9.79. The summed E-state index contributed by atoms with van der Waals surface area (Å²) in [5.41, 5.74) is 11.6. The second-order valence-electron chi connectivity index (χ2n) is 3.92. The van der Waals surface area contributed by atoms with E-state index < -0.39 is 18.5 Å². The minimum absolute atomic E-state index is 0.207. The molecule has 4 N–H and O–H groups in total. The van der Waals surface area contributed by atoms with Crippen LogP contribution in [0.25, 0.3) is 0 Å². The van der Waals surface area contributed by atoms with Gasteiger partial charge in [0.1, 0.15) is 0 Å². The van der Waals surface area contributed by atoms with E-state index in [1.165, 1.54) is 30.1 Å². The molecule has 0 saturated heterocycles. The third-order valence-electron chi connectivity index (χ3n) is 2.46. The highest BCUT2D eigenvalue weighted by Gasteiger charge is 2.27. The van der Waals surface area contributed by atoms with E-state index >= 15 is 0 Å². The lowest BCUT2D eigenvalue weighted by atomic mass is 10.1. The Hall–Kier alpha value is -1.92. The van der Waals surface area contributed by atoms with Crippen LogP contribution >= 0.6 is 0 Å². The Labute approximate surface area is 102 Å². The summed E-state index contributed by atoms with van der Waals surface area (Å²) in [5.74, 6) is -0.652. The number of benzene rings is 1. The molecule has 0 atom stereocenters. The second kappa shape index (κ2) is 5.16. The molecule has 1 amide bonds. The number of anilines is 2. The SMILES string of the molecule is CN(CCC(F)(F)F)c1cc(C(N)=O)ccc1N. The number of carbonyl (C=O) groups is 1. The Morgan fingerprint density at radius 2 is 2.00 bits per heavy atom. The van der Waals surface area contributed by atoms with Crippen molar-refractivity contribution < 1.29 is 18.0 Å². The van der Waals surface area contributed by atoms with Crippen molar-refractivity contribution in [3.63, 3.8) is 0 Å². The van der Waals surface area contributed by atoms with Crippen LogP contribution in [0.4, 0.5) is 24.5 Å². The van der Waals surface area contributed by atoms with Crippen LogP contribution in [0, 0.1) is 0 Å². The number of alkyl halides is 3. The van der Waals surface area contributed by atoms with Crippen LogP contribution in [-0.4, -0.2) is 25.7 Å². The molecule has 0 bridgehead atoms. The number of nitrogen functional groups attached to an aromatic ring is 1. The predicted molar refractivity (Wildman–Crippen MR) is 63.3 cm³/mol. The van der Waals surface area contributed by atoms with Gasteiger partial charge in [-0.05, 0) is 18.2 Å². The van der Waals surface area contributed by atoms with Crippen LogP contribution in [0.1, 0.15) is 16.8 Å². The zero-order valence-electron chi connectivity index (χ0n) is 9.79. The molecule has 0 aliphatic heterocycles. The fourth-order valence-electron chi connectivity index (χ4n) is 1.44. The molecule has 0 radical (unpaired) electrons. The van der Waals surface area contributed by atoms with Gasteiger partial charge in [-0.1, -0.05) is 0 Å². The Balaban J connectivity index is 2.87. The number of carbonyl (C=O) groups excluding carboxylic acids is 1. The van der Waals surface area contributed by atoms with E-state index in [9.17, 15) is 18.0 Å². The fraction of sp³-hybridized carbons (Fsp3) is 0.364. The molecule has 0 saturated carbocycles. The van der Waals surface area contributed by atoms with E-state index in [4.69, 9.17) is 11.5 Å². The number of hydrogen-bond acceptors (Lipinski definition) is 3.